The average molecular weight is 227 g/mol. The molecule has 1 saturated carbocycles. The number of aromatic nitrogens is 2. The molecule has 0 radical (unpaired) electrons. The highest BCUT2D eigenvalue weighted by molar-refractivity contribution is 7.99. The van der Waals surface area contributed by atoms with Gasteiger partial charge in [0.05, 0.1) is 11.0 Å². The minimum Gasteiger partial charge on any atom is -0.260 e. The second-order valence-corrected chi connectivity index (χ2v) is 4.94. The summed E-state index contributed by atoms with van der Waals surface area (Å²) in [6, 6.07) is 0.358. The van der Waals surface area contributed by atoms with Crippen LogP contribution in [-0.4, -0.2) is 26.2 Å². The van der Waals surface area contributed by atoms with Crippen LogP contribution in [0.15, 0.2) is 6.20 Å². The summed E-state index contributed by atoms with van der Waals surface area (Å²) in [7, 11) is 0. The van der Waals surface area contributed by atoms with Gasteiger partial charge in [-0.1, -0.05) is 0 Å². The fraction of sp³-hybridized carbons (Fsp3) is 0.667. The van der Waals surface area contributed by atoms with Gasteiger partial charge in [-0.15, -0.1) is 0 Å². The molecule has 0 spiro atoms. The number of hydrogen-bond acceptors (Lipinski definition) is 4. The first-order valence-corrected chi connectivity index (χ1v) is 6.13. The summed E-state index contributed by atoms with van der Waals surface area (Å²) in [5.41, 5.74) is 0.798. The van der Waals surface area contributed by atoms with Crippen LogP contribution < -0.4 is 0 Å². The van der Waals surface area contributed by atoms with Crippen molar-refractivity contribution >= 4 is 17.4 Å². The molecule has 1 fully saturated rings. The van der Waals surface area contributed by atoms with Crippen molar-refractivity contribution in [3.8, 4) is 0 Å². The van der Waals surface area contributed by atoms with Crippen LogP contribution in [0.2, 0.25) is 0 Å². The Morgan fingerprint density at radius 1 is 1.67 bits per heavy atom. The maximum Gasteiger partial charge on any atom is 0.309 e. The molecule has 0 bridgehead atoms. The number of hydrogen-bond donors (Lipinski definition) is 0. The minimum absolute atomic E-state index is 0.127. The lowest BCUT2D eigenvalue weighted by atomic mass is 9.92. The smallest absolute Gasteiger partial charge is 0.260 e. The van der Waals surface area contributed by atoms with Crippen LogP contribution in [0.5, 0.6) is 0 Å². The van der Waals surface area contributed by atoms with E-state index in [1.807, 2.05) is 11.8 Å². The van der Waals surface area contributed by atoms with E-state index in [-0.39, 0.29) is 10.6 Å². The maximum atomic E-state index is 10.6. The number of nitro groups is 1. The molecule has 0 aromatic carbocycles. The van der Waals surface area contributed by atoms with E-state index in [0.717, 1.165) is 12.8 Å². The van der Waals surface area contributed by atoms with Gasteiger partial charge in [-0.3, -0.25) is 14.8 Å². The highest BCUT2D eigenvalue weighted by Crippen LogP contribution is 2.40. The third-order valence-electron chi connectivity index (χ3n) is 2.96. The van der Waals surface area contributed by atoms with Crippen LogP contribution in [0.1, 0.15) is 24.6 Å². The van der Waals surface area contributed by atoms with Crippen molar-refractivity contribution in [3.63, 3.8) is 0 Å². The Morgan fingerprint density at radius 3 is 2.80 bits per heavy atom. The molecule has 15 heavy (non-hydrogen) atoms. The van der Waals surface area contributed by atoms with Gasteiger partial charge in [0, 0.05) is 5.25 Å². The van der Waals surface area contributed by atoms with E-state index in [4.69, 9.17) is 0 Å². The van der Waals surface area contributed by atoms with E-state index in [9.17, 15) is 10.1 Å². The highest BCUT2D eigenvalue weighted by Gasteiger charge is 2.32. The lowest BCUT2D eigenvalue weighted by Gasteiger charge is -2.34. The van der Waals surface area contributed by atoms with Gasteiger partial charge in [-0.25, -0.2) is 0 Å². The number of thioether (sulfide) groups is 1. The predicted octanol–water partition coefficient (Wildman–Crippen LogP) is 2.17. The molecule has 82 valence electrons. The monoisotopic (exact) mass is 227 g/mol. The van der Waals surface area contributed by atoms with Crippen LogP contribution in [0, 0.1) is 17.0 Å². The number of rotatable bonds is 3. The SMILES string of the molecule is CSC1CC(n2ncc([N+](=O)[O-])c2C)C1. The third kappa shape index (κ3) is 1.73. The largest absolute Gasteiger partial charge is 0.309 e. The Balaban J connectivity index is 2.14. The van der Waals surface area contributed by atoms with Crippen molar-refractivity contribution in [1.82, 2.24) is 9.78 Å². The number of nitrogens with zero attached hydrogens (tertiary/aromatic N) is 3. The molecule has 1 aliphatic carbocycles. The van der Waals surface area contributed by atoms with Gasteiger partial charge in [-0.2, -0.15) is 16.9 Å². The van der Waals surface area contributed by atoms with Gasteiger partial charge in [-0.05, 0) is 26.0 Å². The first-order valence-electron chi connectivity index (χ1n) is 4.84. The molecule has 0 saturated heterocycles. The van der Waals surface area contributed by atoms with Crippen LogP contribution in [0.3, 0.4) is 0 Å². The Bertz CT molecular complexity index is 385. The van der Waals surface area contributed by atoms with E-state index in [1.165, 1.54) is 6.20 Å². The molecule has 0 aliphatic heterocycles. The predicted molar refractivity (Wildman–Crippen MR) is 59.2 cm³/mol. The molecule has 1 aromatic heterocycles. The van der Waals surface area contributed by atoms with Gasteiger partial charge < -0.3 is 0 Å². The maximum absolute atomic E-state index is 10.6. The molecule has 6 heteroatoms. The van der Waals surface area contributed by atoms with Crippen LogP contribution in [-0.2, 0) is 0 Å². The first kappa shape index (κ1) is 10.5. The third-order valence-corrected chi connectivity index (χ3v) is 4.02. The van der Waals surface area contributed by atoms with E-state index in [1.54, 1.807) is 11.6 Å². The molecule has 5 nitrogen and oxygen atoms in total. The summed E-state index contributed by atoms with van der Waals surface area (Å²) >= 11 is 1.85. The van der Waals surface area contributed by atoms with E-state index < -0.39 is 0 Å². The van der Waals surface area contributed by atoms with Crippen molar-refractivity contribution in [3.05, 3.63) is 22.0 Å². The molecule has 2 rings (SSSR count). The molecule has 0 atom stereocenters. The van der Waals surface area contributed by atoms with Crippen molar-refractivity contribution in [1.29, 1.82) is 0 Å². The molecule has 1 aliphatic rings. The average Bonchev–Trinajstić information content (AvgIpc) is 2.46. The topological polar surface area (TPSA) is 61.0 Å². The van der Waals surface area contributed by atoms with Crippen molar-refractivity contribution in [2.24, 2.45) is 0 Å². The summed E-state index contributed by atoms with van der Waals surface area (Å²) in [6.45, 7) is 1.76. The summed E-state index contributed by atoms with van der Waals surface area (Å²) < 4.78 is 1.80. The Kier molecular flexibility index (Phi) is 2.68. The first-order chi connectivity index (χ1) is 7.13. The zero-order chi connectivity index (χ0) is 11.0. The Morgan fingerprint density at radius 2 is 2.33 bits per heavy atom. The quantitative estimate of drug-likeness (QED) is 0.586. The van der Waals surface area contributed by atoms with Crippen LogP contribution in [0.25, 0.3) is 0 Å². The fourth-order valence-corrected chi connectivity index (χ4v) is 2.72. The molecule has 0 N–H and O–H groups in total. The summed E-state index contributed by atoms with van der Waals surface area (Å²) in [4.78, 5) is 10.3. The molecule has 0 unspecified atom stereocenters. The fourth-order valence-electron chi connectivity index (χ4n) is 1.89. The molecular formula is C9H13N3O2S. The zero-order valence-electron chi connectivity index (χ0n) is 8.71. The summed E-state index contributed by atoms with van der Waals surface area (Å²) in [6.07, 6.45) is 5.59. The van der Waals surface area contributed by atoms with E-state index in [0.29, 0.717) is 17.0 Å². The van der Waals surface area contributed by atoms with Crippen molar-refractivity contribution < 1.29 is 4.92 Å². The molecule has 1 heterocycles. The van der Waals surface area contributed by atoms with Crippen molar-refractivity contribution in [2.45, 2.75) is 31.1 Å². The van der Waals surface area contributed by atoms with E-state index in [2.05, 4.69) is 11.4 Å². The second-order valence-electron chi connectivity index (χ2n) is 3.80. The van der Waals surface area contributed by atoms with Crippen LogP contribution in [0.4, 0.5) is 5.69 Å². The summed E-state index contributed by atoms with van der Waals surface area (Å²) in [5, 5.41) is 15.4. The Labute approximate surface area is 92.0 Å². The van der Waals surface area contributed by atoms with Gasteiger partial charge >= 0.3 is 5.69 Å². The minimum atomic E-state index is -0.371. The molecule has 1 aromatic rings. The normalized spacial score (nSPS) is 24.9. The highest BCUT2D eigenvalue weighted by atomic mass is 32.2. The Hall–Kier alpha value is -1.04. The van der Waals surface area contributed by atoms with Crippen LogP contribution >= 0.6 is 11.8 Å². The molecule has 0 amide bonds. The van der Waals surface area contributed by atoms with Gasteiger partial charge in [0.2, 0.25) is 0 Å². The van der Waals surface area contributed by atoms with Gasteiger partial charge in [0.15, 0.2) is 0 Å². The lowest BCUT2D eigenvalue weighted by molar-refractivity contribution is -0.385. The second kappa shape index (κ2) is 3.84. The zero-order valence-corrected chi connectivity index (χ0v) is 9.53. The van der Waals surface area contributed by atoms with E-state index >= 15 is 0 Å². The standard InChI is InChI=1S/C9H13N3O2S/c1-6-9(12(13)14)5-10-11(6)7-3-8(4-7)15-2/h5,7-8H,3-4H2,1-2H3. The lowest BCUT2D eigenvalue weighted by Crippen LogP contribution is -2.29. The van der Waals surface area contributed by atoms with Gasteiger partial charge in [0.25, 0.3) is 0 Å². The summed E-state index contributed by atoms with van der Waals surface area (Å²) in [5.74, 6) is 0. The van der Waals surface area contributed by atoms with Gasteiger partial charge in [0.1, 0.15) is 11.9 Å². The molecular weight excluding hydrogens is 214 g/mol. The van der Waals surface area contributed by atoms with Crippen molar-refractivity contribution in [2.75, 3.05) is 6.26 Å².